The van der Waals surface area contributed by atoms with Crippen LogP contribution in [0.25, 0.3) is 11.0 Å². The molecule has 0 unspecified atom stereocenters. The number of carbonyl (C=O) groups is 2. The average Bonchev–Trinajstić information content (AvgIpc) is 3.34. The van der Waals surface area contributed by atoms with Crippen LogP contribution in [0.4, 0.5) is 0 Å². The summed E-state index contributed by atoms with van der Waals surface area (Å²) < 4.78 is 28.6. The molecular formula is C26H21Cl2N3O4S. The number of hydrogen-bond acceptors (Lipinski definition) is 5. The predicted molar refractivity (Wildman–Crippen MR) is 138 cm³/mol. The second-order valence-corrected chi connectivity index (χ2v) is 11.1. The van der Waals surface area contributed by atoms with Gasteiger partial charge in [0, 0.05) is 13.0 Å². The van der Waals surface area contributed by atoms with Gasteiger partial charge in [0.15, 0.2) is 0 Å². The van der Waals surface area contributed by atoms with E-state index in [0.29, 0.717) is 28.6 Å². The Hall–Kier alpha value is -3.20. The Labute approximate surface area is 218 Å². The molecule has 0 N–H and O–H groups in total. The van der Waals surface area contributed by atoms with Crippen molar-refractivity contribution in [2.45, 2.75) is 31.1 Å². The molecule has 5 rings (SSSR count). The van der Waals surface area contributed by atoms with E-state index in [2.05, 4.69) is 4.98 Å². The quantitative estimate of drug-likeness (QED) is 0.293. The van der Waals surface area contributed by atoms with Gasteiger partial charge >= 0.3 is 0 Å². The van der Waals surface area contributed by atoms with Gasteiger partial charge in [-0.3, -0.25) is 14.5 Å². The third-order valence-electron chi connectivity index (χ3n) is 6.25. The number of nitrogens with zero attached hydrogens (tertiary/aromatic N) is 3. The van der Waals surface area contributed by atoms with E-state index < -0.39 is 10.0 Å². The first-order valence-corrected chi connectivity index (χ1v) is 13.6. The van der Waals surface area contributed by atoms with Gasteiger partial charge in [-0.15, -0.1) is 0 Å². The van der Waals surface area contributed by atoms with Crippen LogP contribution >= 0.6 is 23.2 Å². The molecule has 0 saturated carbocycles. The highest BCUT2D eigenvalue weighted by Gasteiger charge is 2.34. The second kappa shape index (κ2) is 9.35. The maximum atomic E-state index is 13.7. The van der Waals surface area contributed by atoms with Crippen molar-refractivity contribution in [3.63, 3.8) is 0 Å². The molecule has 7 nitrogen and oxygen atoms in total. The van der Waals surface area contributed by atoms with Crippen LogP contribution in [0.3, 0.4) is 0 Å². The Balaban J connectivity index is 1.49. The van der Waals surface area contributed by atoms with Crippen molar-refractivity contribution in [3.05, 3.63) is 93.2 Å². The Bertz CT molecular complexity index is 1590. The normalized spacial score (nSPS) is 13.6. The molecule has 0 atom stereocenters. The Morgan fingerprint density at radius 1 is 0.889 bits per heavy atom. The third-order valence-corrected chi connectivity index (χ3v) is 8.73. The molecule has 36 heavy (non-hydrogen) atoms. The lowest BCUT2D eigenvalue weighted by atomic mass is 10.1. The van der Waals surface area contributed by atoms with Gasteiger partial charge in [0.2, 0.25) is 0 Å². The molecule has 0 saturated heterocycles. The molecule has 4 aromatic rings. The van der Waals surface area contributed by atoms with Crippen molar-refractivity contribution >= 4 is 56.1 Å². The number of imidazole rings is 1. The summed E-state index contributed by atoms with van der Waals surface area (Å²) in [6, 6.07) is 16.4. The SMILES string of the molecule is CCc1ccc(S(=O)(=O)n2c(CCCN3C(=O)c4ccccc4C3=O)nc3cc(Cl)c(Cl)cc32)cc1. The summed E-state index contributed by atoms with van der Waals surface area (Å²) in [6.45, 7) is 2.12. The van der Waals surface area contributed by atoms with Gasteiger partial charge in [-0.2, -0.15) is 0 Å². The zero-order valence-electron chi connectivity index (χ0n) is 19.2. The maximum absolute atomic E-state index is 13.7. The molecule has 184 valence electrons. The molecule has 2 heterocycles. The molecule has 1 aliphatic heterocycles. The molecule has 0 radical (unpaired) electrons. The number of fused-ring (bicyclic) bond motifs is 2. The Kier molecular flexibility index (Phi) is 6.36. The van der Waals surface area contributed by atoms with Gasteiger partial charge in [-0.05, 0) is 54.8 Å². The summed E-state index contributed by atoms with van der Waals surface area (Å²) in [4.78, 5) is 31.2. The number of aromatic nitrogens is 2. The Morgan fingerprint density at radius 2 is 1.50 bits per heavy atom. The molecule has 0 bridgehead atoms. The topological polar surface area (TPSA) is 89.3 Å². The monoisotopic (exact) mass is 541 g/mol. The first kappa shape index (κ1) is 24.5. The van der Waals surface area contributed by atoms with Gasteiger partial charge < -0.3 is 0 Å². The summed E-state index contributed by atoms with van der Waals surface area (Å²) >= 11 is 12.4. The molecule has 0 spiro atoms. The van der Waals surface area contributed by atoms with Crippen molar-refractivity contribution < 1.29 is 18.0 Å². The lowest BCUT2D eigenvalue weighted by Crippen LogP contribution is -2.31. The van der Waals surface area contributed by atoms with Gasteiger partial charge in [0.25, 0.3) is 21.8 Å². The van der Waals surface area contributed by atoms with Crippen molar-refractivity contribution in [2.75, 3.05) is 6.54 Å². The molecule has 3 aromatic carbocycles. The van der Waals surface area contributed by atoms with E-state index in [1.807, 2.05) is 6.92 Å². The van der Waals surface area contributed by atoms with Gasteiger partial charge in [-0.25, -0.2) is 17.4 Å². The van der Waals surface area contributed by atoms with Gasteiger partial charge in [-0.1, -0.05) is 54.4 Å². The molecule has 0 aliphatic carbocycles. The fourth-order valence-corrected chi connectivity index (χ4v) is 6.19. The molecule has 0 fully saturated rings. The van der Waals surface area contributed by atoms with Crippen molar-refractivity contribution in [3.8, 4) is 0 Å². The maximum Gasteiger partial charge on any atom is 0.269 e. The fraction of sp³-hybridized carbons (Fsp3) is 0.192. The van der Waals surface area contributed by atoms with E-state index >= 15 is 0 Å². The van der Waals surface area contributed by atoms with E-state index in [0.717, 1.165) is 12.0 Å². The van der Waals surface area contributed by atoms with Gasteiger partial charge in [0.1, 0.15) is 5.82 Å². The van der Waals surface area contributed by atoms with E-state index in [1.54, 1.807) is 48.5 Å². The van der Waals surface area contributed by atoms with E-state index in [9.17, 15) is 18.0 Å². The number of imide groups is 1. The predicted octanol–water partition coefficient (Wildman–Crippen LogP) is 5.37. The van der Waals surface area contributed by atoms with Crippen LogP contribution < -0.4 is 0 Å². The number of benzene rings is 3. The van der Waals surface area contributed by atoms with Crippen molar-refractivity contribution in [2.24, 2.45) is 0 Å². The minimum Gasteiger partial charge on any atom is -0.274 e. The minimum absolute atomic E-state index is 0.117. The third kappa shape index (κ3) is 4.09. The minimum atomic E-state index is -4.02. The average molecular weight is 542 g/mol. The summed E-state index contributed by atoms with van der Waals surface area (Å²) in [5.74, 6) is -0.447. The van der Waals surface area contributed by atoms with Crippen molar-refractivity contribution in [1.82, 2.24) is 13.9 Å². The van der Waals surface area contributed by atoms with Gasteiger partial charge in [0.05, 0.1) is 37.1 Å². The largest absolute Gasteiger partial charge is 0.274 e. The van der Waals surface area contributed by atoms with Crippen LogP contribution in [0.15, 0.2) is 65.6 Å². The zero-order valence-corrected chi connectivity index (χ0v) is 21.6. The highest BCUT2D eigenvalue weighted by atomic mass is 35.5. The Morgan fingerprint density at radius 3 is 2.11 bits per heavy atom. The summed E-state index contributed by atoms with van der Waals surface area (Å²) in [6.07, 6.45) is 1.30. The molecule has 2 amide bonds. The van der Waals surface area contributed by atoms with Crippen LogP contribution in [0.1, 0.15) is 45.4 Å². The fourth-order valence-electron chi connectivity index (χ4n) is 4.37. The lowest BCUT2D eigenvalue weighted by molar-refractivity contribution is 0.0652. The van der Waals surface area contributed by atoms with Crippen LogP contribution in [-0.4, -0.2) is 40.6 Å². The second-order valence-electron chi connectivity index (χ2n) is 8.46. The number of carbonyl (C=O) groups excluding carboxylic acids is 2. The van der Waals surface area contributed by atoms with E-state index in [-0.39, 0.29) is 45.5 Å². The highest BCUT2D eigenvalue weighted by molar-refractivity contribution is 7.90. The van der Waals surface area contributed by atoms with E-state index in [4.69, 9.17) is 23.2 Å². The van der Waals surface area contributed by atoms with Crippen LogP contribution in [0, 0.1) is 0 Å². The number of aryl methyl sites for hydroxylation is 2. The summed E-state index contributed by atoms with van der Waals surface area (Å²) in [5.41, 5.74) is 2.45. The molecular weight excluding hydrogens is 521 g/mol. The van der Waals surface area contributed by atoms with Crippen LogP contribution in [-0.2, 0) is 22.9 Å². The van der Waals surface area contributed by atoms with Crippen LogP contribution in [0.2, 0.25) is 10.0 Å². The molecule has 10 heteroatoms. The van der Waals surface area contributed by atoms with Crippen molar-refractivity contribution in [1.29, 1.82) is 0 Å². The first-order chi connectivity index (χ1) is 17.2. The molecule has 1 aliphatic rings. The summed E-state index contributed by atoms with van der Waals surface area (Å²) in [7, 11) is -4.02. The summed E-state index contributed by atoms with van der Waals surface area (Å²) in [5, 5.41) is 0.468. The molecule has 1 aromatic heterocycles. The lowest BCUT2D eigenvalue weighted by Gasteiger charge is -2.14. The number of halogens is 2. The zero-order chi connectivity index (χ0) is 25.6. The van der Waals surface area contributed by atoms with Crippen LogP contribution in [0.5, 0.6) is 0 Å². The number of amides is 2. The number of rotatable bonds is 7. The smallest absolute Gasteiger partial charge is 0.269 e. The van der Waals surface area contributed by atoms with E-state index in [1.165, 1.54) is 21.0 Å². The first-order valence-electron chi connectivity index (χ1n) is 11.4. The standard InChI is InChI=1S/C26H21Cl2N3O4S/c1-2-16-9-11-17(12-10-16)36(34,35)31-23-15-21(28)20(27)14-22(23)29-24(31)8-5-13-30-25(32)18-6-3-4-7-19(18)26(30)33/h3-4,6-7,9-12,14-15H,2,5,8,13H2,1H3. The number of hydrogen-bond donors (Lipinski definition) is 0. The highest BCUT2D eigenvalue weighted by Crippen LogP contribution is 2.31.